The Morgan fingerprint density at radius 3 is 1.93 bits per heavy atom. The lowest BCUT2D eigenvalue weighted by atomic mass is 9.76. The van der Waals surface area contributed by atoms with Gasteiger partial charge in [0, 0.05) is 21.3 Å². The van der Waals surface area contributed by atoms with Crippen LogP contribution in [0.5, 0.6) is 0 Å². The molecule has 4 rings (SSSR count). The van der Waals surface area contributed by atoms with E-state index in [0.29, 0.717) is 11.1 Å². The van der Waals surface area contributed by atoms with Crippen LogP contribution in [0.15, 0.2) is 82.6 Å². The first-order valence-corrected chi connectivity index (χ1v) is 9.54. The molecule has 1 atom stereocenters. The molecule has 28 heavy (non-hydrogen) atoms. The largest absolute Gasteiger partial charge is 0.481 e. The van der Waals surface area contributed by atoms with Gasteiger partial charge in [0.05, 0.1) is 11.6 Å². The van der Waals surface area contributed by atoms with Crippen LogP contribution in [0.3, 0.4) is 0 Å². The van der Waals surface area contributed by atoms with E-state index in [9.17, 15) is 14.7 Å². The minimum atomic E-state index is -1.25. The smallest absolute Gasteiger partial charge is 0.315 e. The number of carbonyl (C=O) groups excluding carboxylic acids is 1. The van der Waals surface area contributed by atoms with E-state index in [4.69, 9.17) is 5.26 Å². The minimum Gasteiger partial charge on any atom is -0.481 e. The molecule has 1 heterocycles. The number of ketones is 1. The lowest BCUT2D eigenvalue weighted by molar-refractivity contribution is -0.140. The summed E-state index contributed by atoms with van der Waals surface area (Å²) in [5.41, 5.74) is 2.41. The fourth-order valence-corrected chi connectivity index (χ4v) is 4.76. The van der Waals surface area contributed by atoms with E-state index >= 15 is 0 Å². The van der Waals surface area contributed by atoms with Crippen molar-refractivity contribution >= 4 is 23.5 Å². The summed E-state index contributed by atoms with van der Waals surface area (Å²) in [6.45, 7) is 0. The number of hydrogen-bond acceptors (Lipinski definition) is 4. The highest BCUT2D eigenvalue weighted by atomic mass is 32.2. The van der Waals surface area contributed by atoms with E-state index in [-0.39, 0.29) is 0 Å². The molecule has 0 saturated heterocycles. The van der Waals surface area contributed by atoms with Gasteiger partial charge in [-0.3, -0.25) is 9.59 Å². The lowest BCUT2D eigenvalue weighted by Crippen LogP contribution is -2.32. The maximum Gasteiger partial charge on any atom is 0.315 e. The highest BCUT2D eigenvalue weighted by Crippen LogP contribution is 2.49. The van der Waals surface area contributed by atoms with Gasteiger partial charge in [0.2, 0.25) is 0 Å². The first kappa shape index (κ1) is 18.0. The van der Waals surface area contributed by atoms with Gasteiger partial charge in [-0.05, 0) is 35.4 Å². The van der Waals surface area contributed by atoms with Gasteiger partial charge in [-0.2, -0.15) is 5.26 Å². The van der Waals surface area contributed by atoms with Crippen molar-refractivity contribution in [2.45, 2.75) is 15.7 Å². The van der Waals surface area contributed by atoms with E-state index in [2.05, 4.69) is 0 Å². The molecule has 3 aromatic carbocycles. The van der Waals surface area contributed by atoms with Crippen molar-refractivity contribution in [2.24, 2.45) is 5.92 Å². The first-order valence-electron chi connectivity index (χ1n) is 8.73. The zero-order valence-electron chi connectivity index (χ0n) is 14.7. The molecule has 0 bridgehead atoms. The van der Waals surface area contributed by atoms with Crippen molar-refractivity contribution in [3.8, 4) is 6.07 Å². The van der Waals surface area contributed by atoms with Crippen LogP contribution in [0, 0.1) is 17.2 Å². The SMILES string of the molecule is N#Cc1ccc(C(=O)C(C(=O)O)C2c3ccccc3Sc3ccccc32)cc1. The number of nitriles is 1. The molecule has 136 valence electrons. The third-order valence-corrected chi connectivity index (χ3v) is 6.09. The summed E-state index contributed by atoms with van der Waals surface area (Å²) in [5, 5.41) is 19.0. The summed E-state index contributed by atoms with van der Waals surface area (Å²) in [4.78, 5) is 27.4. The van der Waals surface area contributed by atoms with Crippen LogP contribution >= 0.6 is 11.8 Å². The predicted octanol–water partition coefficient (Wildman–Crippen LogP) is 4.74. The molecule has 0 spiro atoms. The van der Waals surface area contributed by atoms with Gasteiger partial charge in [0.15, 0.2) is 5.78 Å². The van der Waals surface area contributed by atoms with Crippen molar-refractivity contribution in [1.29, 1.82) is 5.26 Å². The average molecular weight is 385 g/mol. The molecular weight excluding hydrogens is 370 g/mol. The second-order valence-corrected chi connectivity index (χ2v) is 7.61. The minimum absolute atomic E-state index is 0.291. The van der Waals surface area contributed by atoms with Gasteiger partial charge in [0.25, 0.3) is 0 Å². The average Bonchev–Trinajstić information content (AvgIpc) is 2.73. The molecule has 0 fully saturated rings. The van der Waals surface area contributed by atoms with Crippen molar-refractivity contribution in [2.75, 3.05) is 0 Å². The molecule has 1 N–H and O–H groups in total. The second-order valence-electron chi connectivity index (χ2n) is 6.52. The van der Waals surface area contributed by atoms with E-state index in [1.807, 2.05) is 54.6 Å². The molecule has 3 aromatic rings. The normalized spacial score (nSPS) is 13.7. The second kappa shape index (κ2) is 7.34. The molecule has 1 unspecified atom stereocenters. The number of hydrogen-bond donors (Lipinski definition) is 1. The molecule has 0 saturated carbocycles. The summed E-state index contributed by atoms with van der Waals surface area (Å²) < 4.78 is 0. The Hall–Kier alpha value is -3.36. The zero-order chi connectivity index (χ0) is 19.7. The van der Waals surface area contributed by atoms with Gasteiger partial charge in [-0.1, -0.05) is 60.3 Å². The van der Waals surface area contributed by atoms with Crippen LogP contribution in [-0.4, -0.2) is 16.9 Å². The number of fused-ring (bicyclic) bond motifs is 2. The van der Waals surface area contributed by atoms with Gasteiger partial charge in [-0.25, -0.2) is 0 Å². The fraction of sp³-hybridized carbons (Fsp3) is 0.0870. The van der Waals surface area contributed by atoms with E-state index in [0.717, 1.165) is 20.9 Å². The highest BCUT2D eigenvalue weighted by Gasteiger charge is 2.41. The van der Waals surface area contributed by atoms with Crippen molar-refractivity contribution in [3.63, 3.8) is 0 Å². The summed E-state index contributed by atoms with van der Waals surface area (Å²) in [6.07, 6.45) is 0. The number of carbonyl (C=O) groups is 2. The number of rotatable bonds is 4. The molecule has 0 amide bonds. The third kappa shape index (κ3) is 3.08. The number of nitrogens with zero attached hydrogens (tertiary/aromatic N) is 1. The summed E-state index contributed by atoms with van der Waals surface area (Å²) >= 11 is 1.59. The van der Waals surface area contributed by atoms with E-state index in [1.54, 1.807) is 11.8 Å². The standard InChI is InChI=1S/C23H15NO3S/c24-13-14-9-11-15(12-10-14)22(25)21(23(26)27)20-16-5-1-3-7-18(16)28-19-8-4-2-6-17(19)20/h1-12,20-21H,(H,26,27). The molecule has 0 aliphatic carbocycles. The molecular formula is C23H15NO3S. The van der Waals surface area contributed by atoms with Crippen LogP contribution in [0.1, 0.15) is 33.0 Å². The zero-order valence-corrected chi connectivity index (χ0v) is 15.5. The van der Waals surface area contributed by atoms with Crippen molar-refractivity contribution in [1.82, 2.24) is 0 Å². The predicted molar refractivity (Wildman–Crippen MR) is 105 cm³/mol. The number of aliphatic carboxylic acids is 1. The first-order chi connectivity index (χ1) is 13.6. The van der Waals surface area contributed by atoms with Gasteiger partial charge >= 0.3 is 5.97 Å². The molecule has 1 aliphatic heterocycles. The Bertz CT molecular complexity index is 1070. The molecule has 5 heteroatoms. The monoisotopic (exact) mass is 385 g/mol. The molecule has 0 aromatic heterocycles. The van der Waals surface area contributed by atoms with Gasteiger partial charge in [-0.15, -0.1) is 0 Å². The number of carboxylic acid groups (broad SMARTS) is 1. The van der Waals surface area contributed by atoms with E-state index < -0.39 is 23.6 Å². The van der Waals surface area contributed by atoms with Gasteiger partial charge in [0.1, 0.15) is 5.92 Å². The third-order valence-electron chi connectivity index (χ3n) is 4.91. The molecule has 1 aliphatic rings. The fourth-order valence-electron chi connectivity index (χ4n) is 3.60. The number of benzene rings is 3. The van der Waals surface area contributed by atoms with Crippen molar-refractivity contribution < 1.29 is 14.7 Å². The Balaban J connectivity index is 1.85. The number of carboxylic acids is 1. The van der Waals surface area contributed by atoms with Crippen LogP contribution in [0.25, 0.3) is 0 Å². The molecule has 4 nitrogen and oxygen atoms in total. The Morgan fingerprint density at radius 2 is 1.43 bits per heavy atom. The topological polar surface area (TPSA) is 78.2 Å². The Kier molecular flexibility index (Phi) is 4.72. The van der Waals surface area contributed by atoms with Gasteiger partial charge < -0.3 is 5.11 Å². The Morgan fingerprint density at radius 1 is 0.893 bits per heavy atom. The quantitative estimate of drug-likeness (QED) is 0.518. The highest BCUT2D eigenvalue weighted by molar-refractivity contribution is 7.99. The summed E-state index contributed by atoms with van der Waals surface area (Å²) in [5.74, 6) is -3.44. The maximum atomic E-state index is 13.2. The summed E-state index contributed by atoms with van der Waals surface area (Å²) in [7, 11) is 0. The van der Waals surface area contributed by atoms with Crippen molar-refractivity contribution in [3.05, 3.63) is 95.1 Å². The van der Waals surface area contributed by atoms with Crippen LogP contribution < -0.4 is 0 Å². The maximum absolute atomic E-state index is 13.2. The lowest BCUT2D eigenvalue weighted by Gasteiger charge is -2.31. The molecule has 0 radical (unpaired) electrons. The van der Waals surface area contributed by atoms with Crippen LogP contribution in [0.2, 0.25) is 0 Å². The Labute approximate surface area is 166 Å². The number of Topliss-reactive ketones (excluding diaryl/α,β-unsaturated/α-hetero) is 1. The summed E-state index contributed by atoms with van der Waals surface area (Å²) in [6, 6.07) is 23.4. The van der Waals surface area contributed by atoms with E-state index in [1.165, 1.54) is 24.3 Å². The van der Waals surface area contributed by atoms with Crippen LogP contribution in [-0.2, 0) is 4.79 Å². The van der Waals surface area contributed by atoms with Crippen LogP contribution in [0.4, 0.5) is 0 Å².